The highest BCUT2D eigenvalue weighted by Gasteiger charge is 2.36. The largest absolute Gasteiger partial charge is 0.459 e. The van der Waals surface area contributed by atoms with E-state index in [9.17, 15) is 31.1 Å². The Hall–Kier alpha value is -3.70. The molecule has 0 saturated carbocycles. The number of rotatable bonds is 7. The van der Waals surface area contributed by atoms with Crippen LogP contribution in [0.15, 0.2) is 60.7 Å². The number of nitrogens with zero attached hydrogens (tertiary/aromatic N) is 4. The molecule has 0 amide bonds. The normalized spacial score (nSPS) is 13.9. The van der Waals surface area contributed by atoms with E-state index in [1.807, 2.05) is 0 Å². The Labute approximate surface area is 191 Å². The van der Waals surface area contributed by atoms with Crippen molar-refractivity contribution in [1.29, 1.82) is 0 Å². The van der Waals surface area contributed by atoms with Crippen LogP contribution < -0.4 is 0 Å². The number of halogens is 6. The second kappa shape index (κ2) is 10.5. The molecule has 182 valence electrons. The van der Waals surface area contributed by atoms with Crippen LogP contribution in [-0.2, 0) is 9.53 Å². The SMILES string of the molecule is C=C(/C=C(\C=C(/C)C(F)(F)F)C(F)(F)F)c1ncn(/C=C(/C(=O)OC(C)C)c2ccncc2)n1. The fourth-order valence-electron chi connectivity index (χ4n) is 2.44. The topological polar surface area (TPSA) is 69.9 Å². The molecule has 2 heterocycles. The molecular weight excluding hydrogens is 466 g/mol. The van der Waals surface area contributed by atoms with Crippen molar-refractivity contribution in [2.24, 2.45) is 0 Å². The number of hydrogen-bond acceptors (Lipinski definition) is 5. The summed E-state index contributed by atoms with van der Waals surface area (Å²) in [4.78, 5) is 20.2. The van der Waals surface area contributed by atoms with Crippen LogP contribution in [0.2, 0.25) is 0 Å². The lowest BCUT2D eigenvalue weighted by Gasteiger charge is -2.12. The van der Waals surface area contributed by atoms with Crippen molar-refractivity contribution in [3.05, 3.63) is 72.1 Å². The molecule has 0 spiro atoms. The molecule has 0 radical (unpaired) electrons. The summed E-state index contributed by atoms with van der Waals surface area (Å²) in [5, 5.41) is 3.95. The Balaban J connectivity index is 2.43. The molecule has 0 atom stereocenters. The molecule has 2 rings (SSSR count). The van der Waals surface area contributed by atoms with Crippen molar-refractivity contribution in [2.75, 3.05) is 0 Å². The zero-order chi connectivity index (χ0) is 25.7. The Morgan fingerprint density at radius 1 is 1.09 bits per heavy atom. The lowest BCUT2D eigenvalue weighted by Crippen LogP contribution is -2.15. The van der Waals surface area contributed by atoms with E-state index in [2.05, 4.69) is 21.6 Å². The first kappa shape index (κ1) is 26.6. The number of carbonyl (C=O) groups excluding carboxylic acids is 1. The third-order valence-electron chi connectivity index (χ3n) is 4.09. The maximum atomic E-state index is 13.3. The van der Waals surface area contributed by atoms with Crippen LogP contribution in [0.1, 0.15) is 32.2 Å². The minimum Gasteiger partial charge on any atom is -0.459 e. The Kier molecular flexibility index (Phi) is 8.19. The summed E-state index contributed by atoms with van der Waals surface area (Å²) < 4.78 is 84.2. The summed E-state index contributed by atoms with van der Waals surface area (Å²) >= 11 is 0. The predicted octanol–water partition coefficient (Wildman–Crippen LogP) is 5.63. The number of pyridine rings is 1. The molecule has 0 fully saturated rings. The van der Waals surface area contributed by atoms with Gasteiger partial charge in [0.05, 0.1) is 17.3 Å². The second-order valence-corrected chi connectivity index (χ2v) is 7.23. The average molecular weight is 486 g/mol. The van der Waals surface area contributed by atoms with Gasteiger partial charge in [-0.2, -0.15) is 26.3 Å². The van der Waals surface area contributed by atoms with E-state index in [1.54, 1.807) is 13.8 Å². The minimum absolute atomic E-state index is 0.0223. The molecule has 0 aliphatic rings. The average Bonchev–Trinajstić information content (AvgIpc) is 3.19. The minimum atomic E-state index is -5.08. The van der Waals surface area contributed by atoms with Crippen molar-refractivity contribution < 1.29 is 35.9 Å². The molecule has 2 aromatic heterocycles. The number of allylic oxidation sites excluding steroid dienone is 5. The Morgan fingerprint density at radius 3 is 2.24 bits per heavy atom. The molecule has 0 unspecified atom stereocenters. The zero-order valence-electron chi connectivity index (χ0n) is 18.3. The van der Waals surface area contributed by atoms with E-state index in [-0.39, 0.29) is 23.0 Å². The molecule has 34 heavy (non-hydrogen) atoms. The predicted molar refractivity (Wildman–Crippen MR) is 113 cm³/mol. The molecule has 0 aliphatic carbocycles. The van der Waals surface area contributed by atoms with Gasteiger partial charge in [0.15, 0.2) is 5.82 Å². The number of esters is 1. The Morgan fingerprint density at radius 2 is 1.71 bits per heavy atom. The van der Waals surface area contributed by atoms with Gasteiger partial charge in [-0.15, -0.1) is 5.10 Å². The lowest BCUT2D eigenvalue weighted by atomic mass is 10.1. The summed E-state index contributed by atoms with van der Waals surface area (Å²) in [5.41, 5.74) is -2.90. The maximum Gasteiger partial charge on any atom is 0.416 e. The molecule has 0 aromatic carbocycles. The van der Waals surface area contributed by atoms with Crippen LogP contribution in [0.3, 0.4) is 0 Å². The summed E-state index contributed by atoms with van der Waals surface area (Å²) in [7, 11) is 0. The summed E-state index contributed by atoms with van der Waals surface area (Å²) in [5.74, 6) is -0.980. The maximum absolute atomic E-state index is 13.3. The standard InChI is InChI=1S/C22H20F6N4O2/c1-13(2)34-20(33)18(16-5-7-29-8-6-16)11-32-12-30-19(31-32)14(3)9-17(22(26,27)28)10-15(4)21(23,24)25/h5-13H,3H2,1-2,4H3/b15-10+,17-9+,18-11+. The van der Waals surface area contributed by atoms with Crippen molar-refractivity contribution >= 4 is 23.3 Å². The highest BCUT2D eigenvalue weighted by atomic mass is 19.4. The highest BCUT2D eigenvalue weighted by Crippen LogP contribution is 2.33. The monoisotopic (exact) mass is 486 g/mol. The molecular formula is C22H20F6N4O2. The van der Waals surface area contributed by atoms with Gasteiger partial charge < -0.3 is 4.74 Å². The number of alkyl halides is 6. The quantitative estimate of drug-likeness (QED) is 0.220. The van der Waals surface area contributed by atoms with Crippen LogP contribution in [0.5, 0.6) is 0 Å². The van der Waals surface area contributed by atoms with Gasteiger partial charge in [0.25, 0.3) is 0 Å². The van der Waals surface area contributed by atoms with E-state index in [0.717, 1.165) is 11.0 Å². The van der Waals surface area contributed by atoms with Gasteiger partial charge in [-0.25, -0.2) is 14.5 Å². The lowest BCUT2D eigenvalue weighted by molar-refractivity contribution is -0.140. The van der Waals surface area contributed by atoms with Crippen molar-refractivity contribution in [1.82, 2.24) is 19.7 Å². The van der Waals surface area contributed by atoms with E-state index in [1.165, 1.54) is 30.7 Å². The van der Waals surface area contributed by atoms with Gasteiger partial charge in [-0.3, -0.25) is 4.98 Å². The third kappa shape index (κ3) is 7.42. The van der Waals surface area contributed by atoms with Gasteiger partial charge in [-0.1, -0.05) is 6.58 Å². The molecule has 2 aromatic rings. The van der Waals surface area contributed by atoms with E-state index in [4.69, 9.17) is 4.74 Å². The molecule has 12 heteroatoms. The van der Waals surface area contributed by atoms with Crippen LogP contribution in [0, 0.1) is 0 Å². The fraction of sp³-hybridized carbons (Fsp3) is 0.273. The van der Waals surface area contributed by atoms with Crippen LogP contribution in [-0.4, -0.2) is 44.2 Å². The van der Waals surface area contributed by atoms with E-state index in [0.29, 0.717) is 18.6 Å². The molecule has 0 N–H and O–H groups in total. The summed E-state index contributed by atoms with van der Waals surface area (Å²) in [6.07, 6.45) is -4.81. The molecule has 0 bridgehead atoms. The van der Waals surface area contributed by atoms with Crippen molar-refractivity contribution in [3.8, 4) is 0 Å². The summed E-state index contributed by atoms with van der Waals surface area (Å²) in [6.45, 7) is 7.26. The fourth-order valence-corrected chi connectivity index (χ4v) is 2.44. The van der Waals surface area contributed by atoms with Gasteiger partial charge in [0.2, 0.25) is 0 Å². The van der Waals surface area contributed by atoms with Gasteiger partial charge in [0, 0.05) is 29.7 Å². The van der Waals surface area contributed by atoms with E-state index < -0.39 is 35.6 Å². The first-order valence-corrected chi connectivity index (χ1v) is 9.66. The van der Waals surface area contributed by atoms with Gasteiger partial charge in [0.1, 0.15) is 6.33 Å². The highest BCUT2D eigenvalue weighted by molar-refractivity contribution is 6.20. The van der Waals surface area contributed by atoms with Gasteiger partial charge in [-0.05, 0) is 50.6 Å². The number of carbonyl (C=O) groups is 1. The number of hydrogen-bond donors (Lipinski definition) is 0. The number of ether oxygens (including phenoxy) is 1. The van der Waals surface area contributed by atoms with Crippen LogP contribution in [0.4, 0.5) is 26.3 Å². The van der Waals surface area contributed by atoms with E-state index >= 15 is 0 Å². The summed E-state index contributed by atoms with van der Waals surface area (Å²) in [6, 6.07) is 3.08. The van der Waals surface area contributed by atoms with Crippen LogP contribution >= 0.6 is 0 Å². The van der Waals surface area contributed by atoms with Gasteiger partial charge >= 0.3 is 18.3 Å². The van der Waals surface area contributed by atoms with Crippen LogP contribution in [0.25, 0.3) is 17.3 Å². The first-order valence-electron chi connectivity index (χ1n) is 9.66. The van der Waals surface area contributed by atoms with Crippen molar-refractivity contribution in [2.45, 2.75) is 39.2 Å². The Bertz CT molecular complexity index is 1130. The smallest absolute Gasteiger partial charge is 0.416 e. The zero-order valence-corrected chi connectivity index (χ0v) is 18.3. The third-order valence-corrected chi connectivity index (χ3v) is 4.09. The molecule has 0 aliphatic heterocycles. The van der Waals surface area contributed by atoms with Crippen molar-refractivity contribution in [3.63, 3.8) is 0 Å². The molecule has 6 nitrogen and oxygen atoms in total. The second-order valence-electron chi connectivity index (χ2n) is 7.23. The number of aromatic nitrogens is 4. The first-order chi connectivity index (χ1) is 15.7. The molecule has 0 saturated heterocycles.